The highest BCUT2D eigenvalue weighted by Crippen LogP contribution is 2.15. The third-order valence-corrected chi connectivity index (χ3v) is 1.44. The van der Waals surface area contributed by atoms with Crippen LogP contribution in [0.15, 0.2) is 0 Å². The Labute approximate surface area is 54.6 Å². The number of methoxy groups -OCH3 is 2. The van der Waals surface area contributed by atoms with E-state index in [1.165, 1.54) is 14.2 Å². The quantitative estimate of drug-likeness (QED) is 0.467. The van der Waals surface area contributed by atoms with Gasteiger partial charge in [-0.15, -0.1) is 0 Å². The molecule has 0 aliphatic carbocycles. The third kappa shape index (κ3) is 4.48. The minimum atomic E-state index is -2.15. The Morgan fingerprint density at radius 1 is 1.56 bits per heavy atom. The predicted octanol–water partition coefficient (Wildman–Crippen LogP) is 0.340. The second kappa shape index (κ2) is 4.82. The molecule has 5 heteroatoms. The topological polar surface area (TPSA) is 55.8 Å². The van der Waals surface area contributed by atoms with Gasteiger partial charge in [-0.25, -0.2) is 0 Å². The molecule has 1 atom stereocenters. The summed E-state index contributed by atoms with van der Waals surface area (Å²) in [6.07, 6.45) is -0.527. The molecule has 0 spiro atoms. The average Bonchev–Trinajstić information content (AvgIpc) is 1.82. The maximum Gasteiger partial charge on any atom is 0.510 e. The zero-order valence-electron chi connectivity index (χ0n) is 5.40. The van der Waals surface area contributed by atoms with Gasteiger partial charge in [-0.1, -0.05) is 0 Å². The molecule has 0 fully saturated rings. The monoisotopic (exact) mass is 153 g/mol. The standard InChI is InChI=1S/C4H9O4P/c1-7-4(8-2)3-9(5)6/h4H,3H2,1-2H3/p+1. The molecule has 0 aliphatic heterocycles. The van der Waals surface area contributed by atoms with E-state index < -0.39 is 14.3 Å². The maximum absolute atomic E-state index is 10.1. The highest BCUT2D eigenvalue weighted by atomic mass is 31.1. The first-order valence-corrected chi connectivity index (χ1v) is 3.79. The summed E-state index contributed by atoms with van der Waals surface area (Å²) in [5, 5.41) is 0. The molecule has 0 radical (unpaired) electrons. The van der Waals surface area contributed by atoms with Gasteiger partial charge in [-0.05, 0) is 4.57 Å². The van der Waals surface area contributed by atoms with Gasteiger partial charge in [0.15, 0.2) is 0 Å². The summed E-state index contributed by atoms with van der Waals surface area (Å²) in [7, 11) is 0.696. The summed E-state index contributed by atoms with van der Waals surface area (Å²) in [6.45, 7) is 0. The van der Waals surface area contributed by atoms with Crippen LogP contribution in [-0.4, -0.2) is 31.6 Å². The number of hydrogen-bond donors (Lipinski definition) is 1. The highest BCUT2D eigenvalue weighted by Gasteiger charge is 2.19. The lowest BCUT2D eigenvalue weighted by Gasteiger charge is -2.04. The van der Waals surface area contributed by atoms with Crippen LogP contribution in [0.2, 0.25) is 0 Å². The number of rotatable bonds is 4. The molecule has 0 saturated carbocycles. The Morgan fingerprint density at radius 3 is 2.11 bits per heavy atom. The van der Waals surface area contributed by atoms with Crippen molar-refractivity contribution in [3.05, 3.63) is 0 Å². The SMILES string of the molecule is COC(C[P+](=O)O)OC. The summed E-state index contributed by atoms with van der Waals surface area (Å²) in [6, 6.07) is 0. The Kier molecular flexibility index (Phi) is 4.81. The van der Waals surface area contributed by atoms with Crippen LogP contribution in [0.1, 0.15) is 0 Å². The molecule has 0 amide bonds. The summed E-state index contributed by atoms with van der Waals surface area (Å²) < 4.78 is 19.4. The molecule has 0 bridgehead atoms. The summed E-state index contributed by atoms with van der Waals surface area (Å²) >= 11 is 0. The normalized spacial score (nSPS) is 12.2. The van der Waals surface area contributed by atoms with Gasteiger partial charge in [-0.2, -0.15) is 4.89 Å². The molecule has 54 valence electrons. The first kappa shape index (κ1) is 8.98. The van der Waals surface area contributed by atoms with Gasteiger partial charge in [0.25, 0.3) is 0 Å². The Morgan fingerprint density at radius 2 is 2.00 bits per heavy atom. The summed E-state index contributed by atoms with van der Waals surface area (Å²) in [5.41, 5.74) is 0. The molecule has 4 nitrogen and oxygen atoms in total. The molecule has 0 heterocycles. The van der Waals surface area contributed by atoms with Gasteiger partial charge in [0.05, 0.1) is 0 Å². The van der Waals surface area contributed by atoms with E-state index in [4.69, 9.17) is 4.89 Å². The predicted molar refractivity (Wildman–Crippen MR) is 32.5 cm³/mol. The fourth-order valence-electron chi connectivity index (χ4n) is 0.373. The molecule has 1 N–H and O–H groups in total. The lowest BCUT2D eigenvalue weighted by molar-refractivity contribution is -0.0857. The van der Waals surface area contributed by atoms with Gasteiger partial charge in [0.1, 0.15) is 0 Å². The second-order valence-corrected chi connectivity index (χ2v) is 2.51. The van der Waals surface area contributed by atoms with Gasteiger partial charge >= 0.3 is 8.03 Å². The van der Waals surface area contributed by atoms with Crippen molar-refractivity contribution in [1.82, 2.24) is 0 Å². The molecule has 9 heavy (non-hydrogen) atoms. The fraction of sp³-hybridized carbons (Fsp3) is 1.00. The van der Waals surface area contributed by atoms with Crippen molar-refractivity contribution in [2.45, 2.75) is 6.29 Å². The van der Waals surface area contributed by atoms with E-state index in [1.54, 1.807) is 0 Å². The van der Waals surface area contributed by atoms with E-state index in [1.807, 2.05) is 0 Å². The second-order valence-electron chi connectivity index (χ2n) is 1.44. The Hall–Kier alpha value is -0.0200. The van der Waals surface area contributed by atoms with Crippen molar-refractivity contribution in [2.24, 2.45) is 0 Å². The minimum Gasteiger partial charge on any atom is -0.352 e. The molecular formula is C4H10O4P+. The van der Waals surface area contributed by atoms with Crippen molar-refractivity contribution in [3.8, 4) is 0 Å². The Bertz CT molecular complexity index is 90.6. The fourth-order valence-corrected chi connectivity index (χ4v) is 0.926. The lowest BCUT2D eigenvalue weighted by atomic mass is 10.7. The molecule has 0 aliphatic rings. The summed E-state index contributed by atoms with van der Waals surface area (Å²) in [4.78, 5) is 8.33. The Balaban J connectivity index is 3.43. The largest absolute Gasteiger partial charge is 0.510 e. The molecule has 0 aromatic carbocycles. The molecule has 0 saturated heterocycles. The number of ether oxygens (including phenoxy) is 2. The van der Waals surface area contributed by atoms with Crippen molar-refractivity contribution in [1.29, 1.82) is 0 Å². The van der Waals surface area contributed by atoms with Gasteiger partial charge in [0, 0.05) is 14.2 Å². The van der Waals surface area contributed by atoms with Crippen molar-refractivity contribution >= 4 is 8.03 Å². The van der Waals surface area contributed by atoms with E-state index in [2.05, 4.69) is 9.47 Å². The summed E-state index contributed by atoms with van der Waals surface area (Å²) in [5.74, 6) is 0. The van der Waals surface area contributed by atoms with Crippen LogP contribution >= 0.6 is 8.03 Å². The molecule has 0 rings (SSSR count). The van der Waals surface area contributed by atoms with E-state index in [0.29, 0.717) is 0 Å². The molecule has 0 aromatic rings. The number of hydrogen-bond acceptors (Lipinski definition) is 3. The van der Waals surface area contributed by atoms with Crippen LogP contribution < -0.4 is 0 Å². The van der Waals surface area contributed by atoms with Crippen LogP contribution in [0.4, 0.5) is 0 Å². The first-order valence-electron chi connectivity index (χ1n) is 2.39. The van der Waals surface area contributed by atoms with E-state index in [9.17, 15) is 4.57 Å². The average molecular weight is 153 g/mol. The van der Waals surface area contributed by atoms with Crippen molar-refractivity contribution < 1.29 is 18.9 Å². The van der Waals surface area contributed by atoms with Gasteiger partial charge in [0.2, 0.25) is 12.5 Å². The zero-order chi connectivity index (χ0) is 7.28. The third-order valence-electron chi connectivity index (χ3n) is 0.831. The van der Waals surface area contributed by atoms with Gasteiger partial charge in [-0.3, -0.25) is 0 Å². The van der Waals surface area contributed by atoms with Gasteiger partial charge < -0.3 is 9.47 Å². The van der Waals surface area contributed by atoms with E-state index >= 15 is 0 Å². The zero-order valence-corrected chi connectivity index (χ0v) is 6.30. The minimum absolute atomic E-state index is 0.0301. The van der Waals surface area contributed by atoms with Crippen LogP contribution in [0.5, 0.6) is 0 Å². The van der Waals surface area contributed by atoms with E-state index in [-0.39, 0.29) is 6.16 Å². The smallest absolute Gasteiger partial charge is 0.352 e. The van der Waals surface area contributed by atoms with Crippen LogP contribution in [-0.2, 0) is 14.0 Å². The molecule has 1 unspecified atom stereocenters. The van der Waals surface area contributed by atoms with Crippen LogP contribution in [0.25, 0.3) is 0 Å². The van der Waals surface area contributed by atoms with Crippen LogP contribution in [0, 0.1) is 0 Å². The highest BCUT2D eigenvalue weighted by molar-refractivity contribution is 7.38. The molecular weight excluding hydrogens is 143 g/mol. The maximum atomic E-state index is 10.1. The van der Waals surface area contributed by atoms with E-state index in [0.717, 1.165) is 0 Å². The van der Waals surface area contributed by atoms with Crippen molar-refractivity contribution in [2.75, 3.05) is 20.4 Å². The van der Waals surface area contributed by atoms with Crippen LogP contribution in [0.3, 0.4) is 0 Å². The lowest BCUT2D eigenvalue weighted by Crippen LogP contribution is -2.15. The van der Waals surface area contributed by atoms with Crippen molar-refractivity contribution in [3.63, 3.8) is 0 Å². The first-order chi connectivity index (χ1) is 4.20. The molecule has 0 aromatic heterocycles.